The summed E-state index contributed by atoms with van der Waals surface area (Å²) in [6.45, 7) is 1.73. The van der Waals surface area contributed by atoms with Gasteiger partial charge in [0.1, 0.15) is 11.3 Å². The van der Waals surface area contributed by atoms with Crippen LogP contribution in [0, 0.1) is 0 Å². The van der Waals surface area contributed by atoms with E-state index in [1.54, 1.807) is 36.4 Å². The second-order valence-electron chi connectivity index (χ2n) is 5.56. The summed E-state index contributed by atoms with van der Waals surface area (Å²) in [6.07, 6.45) is 0.713. The number of aryl methyl sites for hydroxylation is 1. The first-order valence-electron chi connectivity index (χ1n) is 7.90. The zero-order chi connectivity index (χ0) is 18.7. The first-order valence-corrected chi connectivity index (χ1v) is 8.66. The highest BCUT2D eigenvalue weighted by atomic mass is 35.5. The molecule has 0 saturated heterocycles. The van der Waals surface area contributed by atoms with Crippen molar-refractivity contribution in [2.45, 2.75) is 13.3 Å². The van der Waals surface area contributed by atoms with Crippen molar-refractivity contribution in [3.63, 3.8) is 0 Å². The van der Waals surface area contributed by atoms with Crippen LogP contribution in [0.25, 0.3) is 11.0 Å². The molecule has 134 valence electrons. The van der Waals surface area contributed by atoms with Crippen LogP contribution in [-0.2, 0) is 11.2 Å². The molecule has 1 amide bonds. The number of carbonyl (C=O) groups excluding carboxylic acids is 1. The van der Waals surface area contributed by atoms with Gasteiger partial charge in [-0.15, -0.1) is 0 Å². The van der Waals surface area contributed by atoms with E-state index in [4.69, 9.17) is 32.4 Å². The molecule has 0 unspecified atom stereocenters. The molecule has 0 aliphatic carbocycles. The first kappa shape index (κ1) is 18.3. The third-order valence-electron chi connectivity index (χ3n) is 3.75. The van der Waals surface area contributed by atoms with Crippen molar-refractivity contribution in [3.05, 3.63) is 68.5 Å². The number of amides is 1. The van der Waals surface area contributed by atoms with Gasteiger partial charge in [-0.05, 0) is 42.3 Å². The Balaban J connectivity index is 1.72. The molecule has 0 spiro atoms. The molecule has 1 heterocycles. The van der Waals surface area contributed by atoms with Crippen LogP contribution in [0.1, 0.15) is 12.5 Å². The number of ether oxygens (including phenoxy) is 1. The average Bonchev–Trinajstić information content (AvgIpc) is 2.62. The van der Waals surface area contributed by atoms with Gasteiger partial charge in [0.25, 0.3) is 5.91 Å². The predicted octanol–water partition coefficient (Wildman–Crippen LogP) is 4.68. The van der Waals surface area contributed by atoms with E-state index in [1.807, 2.05) is 6.92 Å². The van der Waals surface area contributed by atoms with E-state index in [2.05, 4.69) is 5.32 Å². The third-order valence-corrected chi connectivity index (χ3v) is 4.32. The molecule has 0 aliphatic rings. The number of hydrogen-bond donors (Lipinski definition) is 1. The molecule has 0 radical (unpaired) electrons. The van der Waals surface area contributed by atoms with E-state index in [0.29, 0.717) is 33.5 Å². The van der Waals surface area contributed by atoms with E-state index in [9.17, 15) is 9.59 Å². The number of fused-ring (bicyclic) bond motifs is 1. The van der Waals surface area contributed by atoms with Gasteiger partial charge < -0.3 is 14.5 Å². The van der Waals surface area contributed by atoms with Crippen LogP contribution >= 0.6 is 23.2 Å². The SMILES string of the molecule is CCc1cc(=O)oc2cc(OCC(=O)Nc3cc(Cl)ccc3Cl)ccc12. The normalized spacial score (nSPS) is 10.7. The van der Waals surface area contributed by atoms with Gasteiger partial charge >= 0.3 is 5.63 Å². The van der Waals surface area contributed by atoms with E-state index < -0.39 is 11.5 Å². The lowest BCUT2D eigenvalue weighted by Gasteiger charge is -2.10. The third kappa shape index (κ3) is 4.18. The lowest BCUT2D eigenvalue weighted by atomic mass is 10.1. The van der Waals surface area contributed by atoms with Gasteiger partial charge in [-0.25, -0.2) is 4.79 Å². The van der Waals surface area contributed by atoms with Crippen molar-refractivity contribution in [2.24, 2.45) is 0 Å². The van der Waals surface area contributed by atoms with Gasteiger partial charge in [0.05, 0.1) is 10.7 Å². The minimum Gasteiger partial charge on any atom is -0.484 e. The molecular weight excluding hydrogens is 377 g/mol. The number of anilines is 1. The summed E-state index contributed by atoms with van der Waals surface area (Å²) in [5.74, 6) is 0.0271. The standard InChI is InChI=1S/C19H15Cl2NO4/c1-2-11-7-19(24)26-17-9-13(4-5-14(11)17)25-10-18(23)22-16-8-12(20)3-6-15(16)21/h3-9H,2,10H2,1H3,(H,22,23). The lowest BCUT2D eigenvalue weighted by molar-refractivity contribution is -0.118. The monoisotopic (exact) mass is 391 g/mol. The lowest BCUT2D eigenvalue weighted by Crippen LogP contribution is -2.20. The Hall–Kier alpha value is -2.50. The number of carbonyl (C=O) groups is 1. The number of hydrogen-bond acceptors (Lipinski definition) is 4. The highest BCUT2D eigenvalue weighted by molar-refractivity contribution is 6.35. The van der Waals surface area contributed by atoms with Crippen LogP contribution < -0.4 is 15.7 Å². The second kappa shape index (κ2) is 7.81. The Morgan fingerprint density at radius 1 is 1.15 bits per heavy atom. The van der Waals surface area contributed by atoms with Gasteiger partial charge in [-0.1, -0.05) is 30.1 Å². The van der Waals surface area contributed by atoms with Crippen LogP contribution in [-0.4, -0.2) is 12.5 Å². The molecule has 5 nitrogen and oxygen atoms in total. The van der Waals surface area contributed by atoms with E-state index in [1.165, 1.54) is 6.07 Å². The summed E-state index contributed by atoms with van der Waals surface area (Å²) < 4.78 is 10.7. The van der Waals surface area contributed by atoms with Gasteiger partial charge in [0.15, 0.2) is 6.61 Å². The van der Waals surface area contributed by atoms with Gasteiger partial charge in [0, 0.05) is 22.5 Å². The molecule has 1 N–H and O–H groups in total. The molecule has 0 atom stereocenters. The van der Waals surface area contributed by atoms with Crippen molar-refractivity contribution in [1.29, 1.82) is 0 Å². The molecular formula is C19H15Cl2NO4. The number of halogens is 2. The van der Waals surface area contributed by atoms with Gasteiger partial charge in [-0.3, -0.25) is 4.79 Å². The maximum Gasteiger partial charge on any atom is 0.336 e. The van der Waals surface area contributed by atoms with E-state index in [0.717, 1.165) is 10.9 Å². The van der Waals surface area contributed by atoms with Crippen LogP contribution in [0.5, 0.6) is 5.75 Å². The fourth-order valence-electron chi connectivity index (χ4n) is 2.52. The summed E-state index contributed by atoms with van der Waals surface area (Å²) in [7, 11) is 0. The molecule has 3 aromatic rings. The maximum atomic E-state index is 12.1. The summed E-state index contributed by atoms with van der Waals surface area (Å²) in [6, 6.07) is 11.4. The molecule has 0 fully saturated rings. The van der Waals surface area contributed by atoms with Crippen LogP contribution in [0.4, 0.5) is 5.69 Å². The molecule has 26 heavy (non-hydrogen) atoms. The zero-order valence-corrected chi connectivity index (χ0v) is 15.4. The minimum atomic E-state index is -0.417. The Bertz CT molecular complexity index is 1030. The van der Waals surface area contributed by atoms with Crippen LogP contribution in [0.15, 0.2) is 51.7 Å². The summed E-state index contributed by atoms with van der Waals surface area (Å²) >= 11 is 11.9. The van der Waals surface area contributed by atoms with Crippen molar-refractivity contribution in [2.75, 3.05) is 11.9 Å². The van der Waals surface area contributed by atoms with Crippen LogP contribution in [0.2, 0.25) is 10.0 Å². The van der Waals surface area contributed by atoms with Crippen molar-refractivity contribution in [1.82, 2.24) is 0 Å². The largest absolute Gasteiger partial charge is 0.484 e. The average molecular weight is 392 g/mol. The molecule has 1 aromatic heterocycles. The molecule has 2 aromatic carbocycles. The number of rotatable bonds is 5. The summed E-state index contributed by atoms with van der Waals surface area (Å²) in [5.41, 5.74) is 1.31. The molecule has 0 aliphatic heterocycles. The Labute approximate surface area is 159 Å². The highest BCUT2D eigenvalue weighted by Crippen LogP contribution is 2.26. The topological polar surface area (TPSA) is 68.5 Å². The van der Waals surface area contributed by atoms with Crippen LogP contribution in [0.3, 0.4) is 0 Å². The molecule has 7 heteroatoms. The summed E-state index contributed by atoms with van der Waals surface area (Å²) in [4.78, 5) is 23.7. The second-order valence-corrected chi connectivity index (χ2v) is 6.41. The fraction of sp³-hybridized carbons (Fsp3) is 0.158. The molecule has 0 saturated carbocycles. The minimum absolute atomic E-state index is 0.230. The predicted molar refractivity (Wildman–Crippen MR) is 102 cm³/mol. The van der Waals surface area contributed by atoms with Crippen molar-refractivity contribution < 1.29 is 13.9 Å². The molecule has 0 bridgehead atoms. The van der Waals surface area contributed by atoms with Crippen molar-refractivity contribution >= 4 is 45.8 Å². The van der Waals surface area contributed by atoms with Crippen molar-refractivity contribution in [3.8, 4) is 5.75 Å². The number of benzene rings is 2. The quantitative estimate of drug-likeness (QED) is 0.641. The number of nitrogens with one attached hydrogen (secondary N) is 1. The Kier molecular flexibility index (Phi) is 5.49. The maximum absolute atomic E-state index is 12.1. The fourth-order valence-corrected chi connectivity index (χ4v) is 2.86. The summed E-state index contributed by atoms with van der Waals surface area (Å²) in [5, 5.41) is 4.31. The smallest absolute Gasteiger partial charge is 0.336 e. The Morgan fingerprint density at radius 2 is 1.96 bits per heavy atom. The van der Waals surface area contributed by atoms with E-state index in [-0.39, 0.29) is 6.61 Å². The highest BCUT2D eigenvalue weighted by Gasteiger charge is 2.09. The molecule has 3 rings (SSSR count). The van der Waals surface area contributed by atoms with E-state index >= 15 is 0 Å². The van der Waals surface area contributed by atoms with Gasteiger partial charge in [-0.2, -0.15) is 0 Å². The zero-order valence-electron chi connectivity index (χ0n) is 13.8. The van der Waals surface area contributed by atoms with Gasteiger partial charge in [0.2, 0.25) is 0 Å². The Morgan fingerprint density at radius 3 is 2.73 bits per heavy atom. The first-order chi connectivity index (χ1) is 12.5.